The van der Waals surface area contributed by atoms with Gasteiger partial charge in [0.05, 0.1) is 43.0 Å². The van der Waals surface area contributed by atoms with Crippen molar-refractivity contribution < 1.29 is 27.8 Å². The molecular weight excluding hydrogens is 488 g/mol. The zero-order valence-electron chi connectivity index (χ0n) is 16.9. The molecule has 0 radical (unpaired) electrons. The molecule has 2 aromatic rings. The van der Waals surface area contributed by atoms with Crippen LogP contribution in [0.15, 0.2) is 69.6 Å². The first-order valence-electron chi connectivity index (χ1n) is 9.06. The summed E-state index contributed by atoms with van der Waals surface area (Å²) < 4.78 is 37.6. The number of carbonyl (C=O) groups is 2. The number of esters is 2. The van der Waals surface area contributed by atoms with E-state index in [0.717, 1.165) is 31.3 Å². The zero-order valence-corrected chi connectivity index (χ0v) is 18.4. The summed E-state index contributed by atoms with van der Waals surface area (Å²) in [6.45, 7) is 0. The van der Waals surface area contributed by atoms with Crippen molar-refractivity contribution in [2.75, 3.05) is 19.1 Å². The number of benzene rings is 2. The molecule has 0 spiro atoms. The molecule has 7 nitrogen and oxygen atoms in total. The topological polar surface area (TPSA) is 106 Å². The molecule has 164 valence electrons. The molecule has 32 heavy (non-hydrogen) atoms. The summed E-state index contributed by atoms with van der Waals surface area (Å²) in [5, 5.41) is 9.93. The quantitative estimate of drug-likeness (QED) is 0.501. The fraction of sp³-hybridized carbons (Fsp3) is 0.136. The van der Waals surface area contributed by atoms with Crippen molar-refractivity contribution in [2.24, 2.45) is 5.73 Å². The summed E-state index contributed by atoms with van der Waals surface area (Å²) in [7, 11) is 2.19. The van der Waals surface area contributed by atoms with E-state index in [1.165, 1.54) is 0 Å². The van der Waals surface area contributed by atoms with Gasteiger partial charge in [-0.15, -0.1) is 0 Å². The summed E-state index contributed by atoms with van der Waals surface area (Å²) in [6.07, 6.45) is 0. The molecule has 2 N–H and O–H groups in total. The van der Waals surface area contributed by atoms with Crippen LogP contribution in [0.4, 0.5) is 14.5 Å². The zero-order chi connectivity index (χ0) is 23.6. The molecular formula is C22H16BrF2N3O4. The number of anilines is 1. The van der Waals surface area contributed by atoms with Gasteiger partial charge < -0.3 is 15.2 Å². The van der Waals surface area contributed by atoms with Gasteiger partial charge in [-0.3, -0.25) is 4.90 Å². The fourth-order valence-corrected chi connectivity index (χ4v) is 3.94. The van der Waals surface area contributed by atoms with Gasteiger partial charge in [-0.05, 0) is 27.6 Å². The normalized spacial score (nSPS) is 16.0. The summed E-state index contributed by atoms with van der Waals surface area (Å²) >= 11 is 3.12. The third kappa shape index (κ3) is 3.83. The van der Waals surface area contributed by atoms with Crippen LogP contribution in [0.2, 0.25) is 0 Å². The van der Waals surface area contributed by atoms with Crippen molar-refractivity contribution in [2.45, 2.75) is 5.92 Å². The Morgan fingerprint density at radius 1 is 1.09 bits per heavy atom. The van der Waals surface area contributed by atoms with E-state index in [2.05, 4.69) is 15.9 Å². The molecule has 0 aliphatic carbocycles. The van der Waals surface area contributed by atoms with Gasteiger partial charge in [0.1, 0.15) is 11.5 Å². The Labute approximate surface area is 190 Å². The number of allylic oxidation sites excluding steroid dienone is 1. The summed E-state index contributed by atoms with van der Waals surface area (Å²) in [6, 6.07) is 12.0. The predicted molar refractivity (Wildman–Crippen MR) is 114 cm³/mol. The SMILES string of the molecule is COC(=O)C1=C(C(=O)OC)N(c2cc(F)c(F)cc2Br)C(N)=C(C#N)C1c1ccccc1. The molecule has 0 saturated carbocycles. The lowest BCUT2D eigenvalue weighted by molar-refractivity contribution is -0.139. The Balaban J connectivity index is 2.46. The third-order valence-corrected chi connectivity index (χ3v) is 5.48. The first kappa shape index (κ1) is 23.0. The van der Waals surface area contributed by atoms with Gasteiger partial charge in [0.25, 0.3) is 0 Å². The van der Waals surface area contributed by atoms with Crippen LogP contribution in [-0.2, 0) is 19.1 Å². The van der Waals surface area contributed by atoms with E-state index >= 15 is 0 Å². The van der Waals surface area contributed by atoms with Gasteiger partial charge in [-0.1, -0.05) is 30.3 Å². The van der Waals surface area contributed by atoms with Crippen LogP contribution in [0, 0.1) is 23.0 Å². The molecule has 0 bridgehead atoms. The average Bonchev–Trinajstić information content (AvgIpc) is 2.80. The van der Waals surface area contributed by atoms with Crippen LogP contribution in [0.5, 0.6) is 0 Å². The van der Waals surface area contributed by atoms with Gasteiger partial charge in [-0.25, -0.2) is 18.4 Å². The molecule has 1 aliphatic heterocycles. The van der Waals surface area contributed by atoms with Crippen molar-refractivity contribution >= 4 is 33.6 Å². The van der Waals surface area contributed by atoms with Gasteiger partial charge in [0.15, 0.2) is 11.6 Å². The first-order chi connectivity index (χ1) is 15.3. The van der Waals surface area contributed by atoms with E-state index in [1.54, 1.807) is 30.3 Å². The lowest BCUT2D eigenvalue weighted by Gasteiger charge is -2.36. The minimum Gasteiger partial charge on any atom is -0.466 e. The molecule has 3 rings (SSSR count). The molecule has 1 atom stereocenters. The summed E-state index contributed by atoms with van der Waals surface area (Å²) in [5.74, 6) is -5.64. The lowest BCUT2D eigenvalue weighted by Crippen LogP contribution is -2.41. The highest BCUT2D eigenvalue weighted by atomic mass is 79.9. The minimum atomic E-state index is -1.23. The lowest BCUT2D eigenvalue weighted by atomic mass is 9.81. The van der Waals surface area contributed by atoms with Crippen molar-refractivity contribution in [3.05, 3.63) is 86.8 Å². The van der Waals surface area contributed by atoms with E-state index in [1.807, 2.05) is 6.07 Å². The average molecular weight is 504 g/mol. The molecule has 1 heterocycles. The van der Waals surface area contributed by atoms with Crippen LogP contribution >= 0.6 is 15.9 Å². The maximum atomic E-state index is 14.1. The molecule has 0 fully saturated rings. The Kier molecular flexibility index (Phi) is 6.60. The van der Waals surface area contributed by atoms with Gasteiger partial charge >= 0.3 is 11.9 Å². The summed E-state index contributed by atoms with van der Waals surface area (Å²) in [5.41, 5.74) is 5.92. The molecule has 0 saturated heterocycles. The number of ether oxygens (including phenoxy) is 2. The van der Waals surface area contributed by atoms with Crippen molar-refractivity contribution in [1.82, 2.24) is 0 Å². The number of methoxy groups -OCH3 is 2. The predicted octanol–water partition coefficient (Wildman–Crippen LogP) is 3.63. The van der Waals surface area contributed by atoms with E-state index in [4.69, 9.17) is 15.2 Å². The molecule has 0 amide bonds. The number of hydrogen-bond acceptors (Lipinski definition) is 7. The van der Waals surface area contributed by atoms with Gasteiger partial charge in [0, 0.05) is 10.5 Å². The summed E-state index contributed by atoms with van der Waals surface area (Å²) in [4.78, 5) is 26.8. The highest BCUT2D eigenvalue weighted by Crippen LogP contribution is 2.44. The standard InChI is InChI=1S/C22H16BrF2N3O4/c1-31-21(29)18-17(11-6-4-3-5-7-11)12(10-26)20(27)28(19(18)22(30)32-2)16-9-15(25)14(24)8-13(16)23/h3-9,17H,27H2,1-2H3. The van der Waals surface area contributed by atoms with E-state index in [-0.39, 0.29) is 27.1 Å². The molecule has 1 unspecified atom stereocenters. The number of carbonyl (C=O) groups excluding carboxylic acids is 2. The monoisotopic (exact) mass is 503 g/mol. The molecule has 1 aliphatic rings. The van der Waals surface area contributed by atoms with Crippen molar-refractivity contribution in [3.8, 4) is 6.07 Å². The van der Waals surface area contributed by atoms with E-state index in [9.17, 15) is 23.6 Å². The number of hydrogen-bond donors (Lipinski definition) is 1. The van der Waals surface area contributed by atoms with E-state index in [0.29, 0.717) is 5.56 Å². The number of nitrogens with two attached hydrogens (primary N) is 1. The van der Waals surface area contributed by atoms with Crippen molar-refractivity contribution in [1.29, 1.82) is 5.26 Å². The Morgan fingerprint density at radius 3 is 2.25 bits per heavy atom. The number of nitriles is 1. The second-order valence-electron chi connectivity index (χ2n) is 6.55. The van der Waals surface area contributed by atoms with Crippen LogP contribution in [0.25, 0.3) is 0 Å². The molecule has 0 aromatic heterocycles. The number of halogens is 3. The molecule has 10 heteroatoms. The first-order valence-corrected chi connectivity index (χ1v) is 9.86. The second kappa shape index (κ2) is 9.20. The van der Waals surface area contributed by atoms with Gasteiger partial charge in [0.2, 0.25) is 0 Å². The van der Waals surface area contributed by atoms with Crippen LogP contribution < -0.4 is 10.6 Å². The largest absolute Gasteiger partial charge is 0.466 e. The van der Waals surface area contributed by atoms with Crippen LogP contribution in [-0.4, -0.2) is 26.2 Å². The van der Waals surface area contributed by atoms with Gasteiger partial charge in [-0.2, -0.15) is 5.26 Å². The minimum absolute atomic E-state index is 0.0143. The maximum Gasteiger partial charge on any atom is 0.355 e. The number of rotatable bonds is 4. The fourth-order valence-electron chi connectivity index (χ4n) is 3.45. The van der Waals surface area contributed by atoms with Crippen molar-refractivity contribution in [3.63, 3.8) is 0 Å². The van der Waals surface area contributed by atoms with Crippen LogP contribution in [0.1, 0.15) is 11.5 Å². The Morgan fingerprint density at radius 2 is 1.69 bits per heavy atom. The Bertz CT molecular complexity index is 1210. The highest BCUT2D eigenvalue weighted by molar-refractivity contribution is 9.10. The second-order valence-corrected chi connectivity index (χ2v) is 7.41. The van der Waals surface area contributed by atoms with E-state index < -0.39 is 35.2 Å². The Hall–Kier alpha value is -3.71. The smallest absolute Gasteiger partial charge is 0.355 e. The molecule has 2 aromatic carbocycles. The highest BCUT2D eigenvalue weighted by Gasteiger charge is 2.43. The number of nitrogens with zero attached hydrogens (tertiary/aromatic N) is 2. The third-order valence-electron chi connectivity index (χ3n) is 4.84. The van der Waals surface area contributed by atoms with Crippen LogP contribution in [0.3, 0.4) is 0 Å². The maximum absolute atomic E-state index is 14.1.